The van der Waals surface area contributed by atoms with Crippen molar-refractivity contribution in [3.05, 3.63) is 50.2 Å². The maximum atomic E-state index is 12.6. The SMILES string of the molecule is O=c1cc(CSc2n[nH]c(-c3cccs3)n2)nc2sc3c(n12)CCCC3. The van der Waals surface area contributed by atoms with E-state index in [0.717, 1.165) is 40.6 Å². The maximum Gasteiger partial charge on any atom is 0.259 e. The molecule has 0 saturated carbocycles. The Balaban J connectivity index is 1.39. The number of aromatic nitrogens is 5. The predicted octanol–water partition coefficient (Wildman–Crippen LogP) is 3.77. The van der Waals surface area contributed by atoms with Crippen LogP contribution in [0, 0.1) is 0 Å². The van der Waals surface area contributed by atoms with Crippen LogP contribution in [0.25, 0.3) is 15.7 Å². The number of thiazole rings is 1. The summed E-state index contributed by atoms with van der Waals surface area (Å²) < 4.78 is 1.80. The monoisotopic (exact) mass is 401 g/mol. The number of aryl methyl sites for hydroxylation is 2. The minimum atomic E-state index is 0.0271. The van der Waals surface area contributed by atoms with E-state index in [1.807, 2.05) is 17.5 Å². The molecule has 4 heterocycles. The topological polar surface area (TPSA) is 75.9 Å². The van der Waals surface area contributed by atoms with E-state index in [0.29, 0.717) is 10.9 Å². The van der Waals surface area contributed by atoms with Gasteiger partial charge in [-0.1, -0.05) is 17.8 Å². The van der Waals surface area contributed by atoms with Crippen molar-refractivity contribution in [2.24, 2.45) is 0 Å². The number of rotatable bonds is 4. The van der Waals surface area contributed by atoms with Gasteiger partial charge in [-0.3, -0.25) is 14.3 Å². The highest BCUT2D eigenvalue weighted by Crippen LogP contribution is 2.29. The van der Waals surface area contributed by atoms with Crippen molar-refractivity contribution in [2.45, 2.75) is 36.6 Å². The van der Waals surface area contributed by atoms with Gasteiger partial charge in [0.25, 0.3) is 5.56 Å². The van der Waals surface area contributed by atoms with E-state index in [9.17, 15) is 4.79 Å². The summed E-state index contributed by atoms with van der Waals surface area (Å²) in [5, 5.41) is 9.89. The molecule has 1 aliphatic rings. The van der Waals surface area contributed by atoms with Gasteiger partial charge in [0, 0.05) is 22.4 Å². The highest BCUT2D eigenvalue weighted by molar-refractivity contribution is 7.98. The van der Waals surface area contributed by atoms with Crippen molar-refractivity contribution in [3.63, 3.8) is 0 Å². The van der Waals surface area contributed by atoms with E-state index in [1.165, 1.54) is 28.8 Å². The molecule has 6 nitrogen and oxygen atoms in total. The van der Waals surface area contributed by atoms with E-state index in [1.54, 1.807) is 33.1 Å². The van der Waals surface area contributed by atoms with E-state index in [-0.39, 0.29) is 5.56 Å². The number of thiophene rings is 1. The smallest absolute Gasteiger partial charge is 0.259 e. The number of hydrogen-bond donors (Lipinski definition) is 1. The van der Waals surface area contributed by atoms with Crippen molar-refractivity contribution in [3.8, 4) is 10.7 Å². The number of aromatic amines is 1. The van der Waals surface area contributed by atoms with Gasteiger partial charge in [-0.25, -0.2) is 9.97 Å². The van der Waals surface area contributed by atoms with Gasteiger partial charge in [0.05, 0.1) is 10.6 Å². The van der Waals surface area contributed by atoms with Crippen molar-refractivity contribution >= 4 is 39.4 Å². The zero-order chi connectivity index (χ0) is 17.5. The minimum Gasteiger partial charge on any atom is -0.269 e. The third-order valence-electron chi connectivity index (χ3n) is 4.38. The number of thioether (sulfide) groups is 1. The van der Waals surface area contributed by atoms with Crippen molar-refractivity contribution in [2.75, 3.05) is 0 Å². The van der Waals surface area contributed by atoms with Crippen LogP contribution in [-0.4, -0.2) is 24.6 Å². The molecular weight excluding hydrogens is 386 g/mol. The Morgan fingerprint density at radius 1 is 1.27 bits per heavy atom. The van der Waals surface area contributed by atoms with Gasteiger partial charge in [0.1, 0.15) is 0 Å². The van der Waals surface area contributed by atoms with Crippen LogP contribution in [-0.2, 0) is 18.6 Å². The molecule has 9 heteroatoms. The average Bonchev–Trinajstić information content (AvgIpc) is 3.37. The zero-order valence-electron chi connectivity index (χ0n) is 13.8. The van der Waals surface area contributed by atoms with Crippen LogP contribution in [0.3, 0.4) is 0 Å². The largest absolute Gasteiger partial charge is 0.269 e. The van der Waals surface area contributed by atoms with Gasteiger partial charge < -0.3 is 0 Å². The van der Waals surface area contributed by atoms with Crippen LogP contribution in [0.5, 0.6) is 0 Å². The summed E-state index contributed by atoms with van der Waals surface area (Å²) in [6.45, 7) is 0. The molecule has 0 aromatic carbocycles. The maximum absolute atomic E-state index is 12.6. The van der Waals surface area contributed by atoms with Crippen molar-refractivity contribution in [1.82, 2.24) is 24.6 Å². The molecule has 4 aromatic heterocycles. The van der Waals surface area contributed by atoms with Gasteiger partial charge in [-0.05, 0) is 37.1 Å². The number of fused-ring (bicyclic) bond motifs is 3. The van der Waals surface area contributed by atoms with Gasteiger partial charge in [0.15, 0.2) is 10.8 Å². The molecular formula is C17H15N5OS3. The van der Waals surface area contributed by atoms with Gasteiger partial charge in [0.2, 0.25) is 5.16 Å². The second-order valence-corrected chi connectivity index (χ2v) is 9.07. The van der Waals surface area contributed by atoms with Gasteiger partial charge >= 0.3 is 0 Å². The Morgan fingerprint density at radius 3 is 3.08 bits per heavy atom. The molecule has 1 aliphatic carbocycles. The summed E-state index contributed by atoms with van der Waals surface area (Å²) in [6.07, 6.45) is 4.40. The standard InChI is InChI=1S/C17H15N5OS3/c23-14-8-10(18-17-22(14)11-4-1-2-5-12(11)26-17)9-25-16-19-15(20-21-16)13-6-3-7-24-13/h3,6-8H,1-2,4-5,9H2,(H,19,20,21). The Morgan fingerprint density at radius 2 is 2.19 bits per heavy atom. The number of nitrogens with one attached hydrogen (secondary N) is 1. The summed E-state index contributed by atoms with van der Waals surface area (Å²) in [4.78, 5) is 25.0. The summed E-state index contributed by atoms with van der Waals surface area (Å²) in [6, 6.07) is 5.64. The predicted molar refractivity (Wildman–Crippen MR) is 105 cm³/mol. The molecule has 0 unspecified atom stereocenters. The summed E-state index contributed by atoms with van der Waals surface area (Å²) in [7, 11) is 0. The van der Waals surface area contributed by atoms with E-state index < -0.39 is 0 Å². The summed E-state index contributed by atoms with van der Waals surface area (Å²) in [5.41, 5.74) is 1.97. The molecule has 132 valence electrons. The number of hydrogen-bond acceptors (Lipinski definition) is 7. The lowest BCUT2D eigenvalue weighted by Crippen LogP contribution is -2.17. The molecule has 0 radical (unpaired) electrons. The Labute approximate surface area is 161 Å². The van der Waals surface area contributed by atoms with Crippen LogP contribution in [0.2, 0.25) is 0 Å². The first-order valence-corrected chi connectivity index (χ1v) is 11.1. The lowest BCUT2D eigenvalue weighted by atomic mass is 10.0. The highest BCUT2D eigenvalue weighted by Gasteiger charge is 2.18. The van der Waals surface area contributed by atoms with Gasteiger partial charge in [-0.15, -0.1) is 27.8 Å². The second-order valence-electron chi connectivity index (χ2n) is 6.12. The lowest BCUT2D eigenvalue weighted by molar-refractivity contribution is 0.670. The Bertz CT molecular complexity index is 1130. The van der Waals surface area contributed by atoms with E-state index >= 15 is 0 Å². The molecule has 4 aromatic rings. The molecule has 0 fully saturated rings. The Kier molecular flexibility index (Phi) is 4.14. The van der Waals surface area contributed by atoms with Crippen LogP contribution in [0.1, 0.15) is 29.1 Å². The first-order chi connectivity index (χ1) is 12.8. The molecule has 0 atom stereocenters. The zero-order valence-corrected chi connectivity index (χ0v) is 16.2. The average molecular weight is 402 g/mol. The van der Waals surface area contributed by atoms with Crippen LogP contribution < -0.4 is 5.56 Å². The highest BCUT2D eigenvalue weighted by atomic mass is 32.2. The fourth-order valence-corrected chi connectivity index (χ4v) is 5.78. The van der Waals surface area contributed by atoms with Crippen LogP contribution >= 0.6 is 34.4 Å². The number of nitrogens with zero attached hydrogens (tertiary/aromatic N) is 4. The molecule has 0 aliphatic heterocycles. The van der Waals surface area contributed by atoms with E-state index in [2.05, 4.69) is 15.2 Å². The molecule has 1 N–H and O–H groups in total. The van der Waals surface area contributed by atoms with Crippen molar-refractivity contribution < 1.29 is 0 Å². The second kappa shape index (κ2) is 6.64. The first-order valence-electron chi connectivity index (χ1n) is 8.40. The molecule has 5 rings (SSSR count). The fourth-order valence-electron chi connectivity index (χ4n) is 3.19. The molecule has 0 saturated heterocycles. The Hall–Kier alpha value is -1.97. The third kappa shape index (κ3) is 2.89. The van der Waals surface area contributed by atoms with Crippen LogP contribution in [0.15, 0.2) is 33.5 Å². The quantitative estimate of drug-likeness (QED) is 0.527. The molecule has 26 heavy (non-hydrogen) atoms. The number of H-pyrrole nitrogens is 1. The first kappa shape index (κ1) is 16.2. The molecule has 0 bridgehead atoms. The summed E-state index contributed by atoms with van der Waals surface area (Å²) >= 11 is 4.77. The summed E-state index contributed by atoms with van der Waals surface area (Å²) in [5.74, 6) is 1.35. The van der Waals surface area contributed by atoms with E-state index in [4.69, 9.17) is 4.98 Å². The third-order valence-corrected chi connectivity index (χ3v) is 7.28. The minimum absolute atomic E-state index is 0.0271. The van der Waals surface area contributed by atoms with Crippen LogP contribution in [0.4, 0.5) is 0 Å². The normalized spacial score (nSPS) is 14.0. The fraction of sp³-hybridized carbons (Fsp3) is 0.294. The van der Waals surface area contributed by atoms with Crippen molar-refractivity contribution in [1.29, 1.82) is 0 Å². The lowest BCUT2D eigenvalue weighted by Gasteiger charge is -2.09. The van der Waals surface area contributed by atoms with Gasteiger partial charge in [-0.2, -0.15) is 0 Å². The molecule has 0 amide bonds. The molecule has 0 spiro atoms.